The van der Waals surface area contributed by atoms with E-state index < -0.39 is 0 Å². The number of methoxy groups -OCH3 is 1. The Kier molecular flexibility index (Phi) is 13.0. The lowest BCUT2D eigenvalue weighted by Gasteiger charge is -2.36. The summed E-state index contributed by atoms with van der Waals surface area (Å²) in [5.74, 6) is 1.16. The molecule has 0 bridgehead atoms. The van der Waals surface area contributed by atoms with Gasteiger partial charge in [0.2, 0.25) is 5.91 Å². The molecule has 0 aliphatic carbocycles. The minimum absolute atomic E-state index is 0. The second-order valence-corrected chi connectivity index (χ2v) is 7.23. The number of likely N-dealkylation sites (tertiary alicyclic amines) is 1. The molecule has 2 fully saturated rings. The lowest BCUT2D eigenvalue weighted by Crippen LogP contribution is -2.51. The van der Waals surface area contributed by atoms with Crippen LogP contribution in [0.25, 0.3) is 0 Å². The molecule has 2 aliphatic heterocycles. The van der Waals surface area contributed by atoms with Gasteiger partial charge in [-0.3, -0.25) is 14.7 Å². The highest BCUT2D eigenvalue weighted by atomic mass is 127. The van der Waals surface area contributed by atoms with Gasteiger partial charge in [-0.05, 0) is 19.3 Å². The lowest BCUT2D eigenvalue weighted by molar-refractivity contribution is -0.130. The number of hydrogen-bond acceptors (Lipinski definition) is 5. The van der Waals surface area contributed by atoms with Crippen molar-refractivity contribution < 1.29 is 14.3 Å². The van der Waals surface area contributed by atoms with Crippen molar-refractivity contribution in [3.05, 3.63) is 0 Å². The molecule has 0 saturated carbocycles. The molecular formula is C19H38IN5O3. The number of nitrogens with one attached hydrogen (secondary N) is 1. The molecule has 2 saturated heterocycles. The number of piperazine rings is 1. The van der Waals surface area contributed by atoms with Gasteiger partial charge in [-0.15, -0.1) is 24.0 Å². The van der Waals surface area contributed by atoms with Crippen LogP contribution in [-0.4, -0.2) is 112 Å². The van der Waals surface area contributed by atoms with Gasteiger partial charge in [0.05, 0.1) is 6.10 Å². The van der Waals surface area contributed by atoms with Crippen molar-refractivity contribution in [2.24, 2.45) is 4.99 Å². The summed E-state index contributed by atoms with van der Waals surface area (Å²) in [5, 5.41) is 3.49. The van der Waals surface area contributed by atoms with Crippen LogP contribution in [0.4, 0.5) is 0 Å². The largest absolute Gasteiger partial charge is 0.385 e. The van der Waals surface area contributed by atoms with E-state index in [9.17, 15) is 4.79 Å². The maximum absolute atomic E-state index is 11.4. The van der Waals surface area contributed by atoms with Gasteiger partial charge in [0.25, 0.3) is 0 Å². The van der Waals surface area contributed by atoms with Crippen molar-refractivity contribution in [3.63, 3.8) is 0 Å². The summed E-state index contributed by atoms with van der Waals surface area (Å²) in [6.07, 6.45) is 3.40. The number of halogens is 1. The molecule has 1 N–H and O–H groups in total. The molecule has 8 nitrogen and oxygen atoms in total. The van der Waals surface area contributed by atoms with E-state index in [1.54, 1.807) is 14.0 Å². The van der Waals surface area contributed by atoms with Crippen molar-refractivity contribution in [1.29, 1.82) is 0 Å². The summed E-state index contributed by atoms with van der Waals surface area (Å²) in [4.78, 5) is 22.5. The minimum Gasteiger partial charge on any atom is -0.385 e. The van der Waals surface area contributed by atoms with Crippen LogP contribution in [-0.2, 0) is 14.3 Å². The molecule has 9 heteroatoms. The predicted molar refractivity (Wildman–Crippen MR) is 123 cm³/mol. The average Bonchev–Trinajstić information content (AvgIpc) is 2.69. The second kappa shape index (κ2) is 14.4. The van der Waals surface area contributed by atoms with Gasteiger partial charge in [-0.2, -0.15) is 0 Å². The van der Waals surface area contributed by atoms with Crippen LogP contribution < -0.4 is 5.32 Å². The van der Waals surface area contributed by atoms with E-state index >= 15 is 0 Å². The number of ether oxygens (including phenoxy) is 2. The molecule has 0 unspecified atom stereocenters. The molecule has 0 aromatic rings. The van der Waals surface area contributed by atoms with Crippen LogP contribution >= 0.6 is 24.0 Å². The molecule has 0 atom stereocenters. The fraction of sp³-hybridized carbons (Fsp3) is 0.895. The summed E-state index contributed by atoms with van der Waals surface area (Å²) in [5.41, 5.74) is 0. The van der Waals surface area contributed by atoms with Gasteiger partial charge >= 0.3 is 0 Å². The van der Waals surface area contributed by atoms with Crippen LogP contribution in [0.15, 0.2) is 4.99 Å². The van der Waals surface area contributed by atoms with Crippen LogP contribution in [0.2, 0.25) is 0 Å². The highest BCUT2D eigenvalue weighted by Gasteiger charge is 2.22. The number of carbonyl (C=O) groups excluding carboxylic acids is 1. The Morgan fingerprint density at radius 1 is 1.07 bits per heavy atom. The third-order valence-electron chi connectivity index (χ3n) is 5.33. The fourth-order valence-corrected chi connectivity index (χ4v) is 3.63. The van der Waals surface area contributed by atoms with Crippen LogP contribution in [0.3, 0.4) is 0 Å². The molecule has 0 aromatic carbocycles. The van der Waals surface area contributed by atoms with E-state index in [2.05, 4.69) is 20.1 Å². The number of amides is 1. The quantitative estimate of drug-likeness (QED) is 0.226. The van der Waals surface area contributed by atoms with Gasteiger partial charge in [0.1, 0.15) is 0 Å². The number of piperidine rings is 1. The molecule has 2 rings (SSSR count). The zero-order valence-electron chi connectivity index (χ0n) is 17.7. The van der Waals surface area contributed by atoms with Crippen molar-refractivity contribution in [2.45, 2.75) is 32.3 Å². The zero-order valence-corrected chi connectivity index (χ0v) is 20.0. The van der Waals surface area contributed by atoms with Gasteiger partial charge in [-0.25, -0.2) is 0 Å². The van der Waals surface area contributed by atoms with Gasteiger partial charge < -0.3 is 24.6 Å². The monoisotopic (exact) mass is 511 g/mol. The Balaban J connectivity index is 0.00000392. The molecule has 164 valence electrons. The summed E-state index contributed by atoms with van der Waals surface area (Å²) >= 11 is 0. The van der Waals surface area contributed by atoms with Crippen molar-refractivity contribution in [2.75, 3.05) is 79.7 Å². The minimum atomic E-state index is 0. The number of hydrogen-bond donors (Lipinski definition) is 1. The van der Waals surface area contributed by atoms with Crippen molar-refractivity contribution in [3.8, 4) is 0 Å². The number of carbonyl (C=O) groups is 1. The Morgan fingerprint density at radius 2 is 1.75 bits per heavy atom. The average molecular weight is 511 g/mol. The predicted octanol–water partition coefficient (Wildman–Crippen LogP) is 0.861. The number of aliphatic imine (C=N–C) groups is 1. The van der Waals surface area contributed by atoms with Crippen LogP contribution in [0.5, 0.6) is 0 Å². The highest BCUT2D eigenvalue weighted by molar-refractivity contribution is 14.0. The summed E-state index contributed by atoms with van der Waals surface area (Å²) in [6.45, 7) is 10.6. The topological polar surface area (TPSA) is 69.6 Å². The van der Waals surface area contributed by atoms with Crippen LogP contribution in [0, 0.1) is 0 Å². The first kappa shape index (κ1) is 25.4. The van der Waals surface area contributed by atoms with Crippen molar-refractivity contribution in [1.82, 2.24) is 20.0 Å². The van der Waals surface area contributed by atoms with E-state index in [4.69, 9.17) is 9.47 Å². The SMILES string of the molecule is CN=C(NCCN1CCN(C(C)=O)CC1)N1CCC(OCCCOC)CC1.I. The van der Waals surface area contributed by atoms with Gasteiger partial charge in [0.15, 0.2) is 5.96 Å². The molecule has 2 heterocycles. The Hall–Kier alpha value is -0.650. The molecular weight excluding hydrogens is 473 g/mol. The first-order valence-electron chi connectivity index (χ1n) is 10.2. The second-order valence-electron chi connectivity index (χ2n) is 7.23. The molecule has 0 aromatic heterocycles. The van der Waals surface area contributed by atoms with E-state index in [-0.39, 0.29) is 29.9 Å². The summed E-state index contributed by atoms with van der Waals surface area (Å²) < 4.78 is 11.0. The standard InChI is InChI=1S/C19H37N5O3.HI/c1-17(25)23-13-11-22(12-14-23)10-7-21-19(20-2)24-8-5-18(6-9-24)27-16-4-15-26-3;/h18H,4-16H2,1-3H3,(H,20,21);1H. The Bertz CT molecular complexity index is 464. The lowest BCUT2D eigenvalue weighted by atomic mass is 10.1. The van der Waals surface area contributed by atoms with Crippen molar-refractivity contribution >= 4 is 35.8 Å². The number of guanidine groups is 1. The fourth-order valence-electron chi connectivity index (χ4n) is 3.63. The van der Waals surface area contributed by atoms with E-state index in [1.165, 1.54) is 0 Å². The molecule has 1 amide bonds. The maximum Gasteiger partial charge on any atom is 0.219 e. The smallest absolute Gasteiger partial charge is 0.219 e. The Morgan fingerprint density at radius 3 is 2.32 bits per heavy atom. The number of rotatable bonds is 8. The zero-order chi connectivity index (χ0) is 19.5. The van der Waals surface area contributed by atoms with Gasteiger partial charge in [-0.1, -0.05) is 0 Å². The van der Waals surface area contributed by atoms with E-state index in [0.29, 0.717) is 6.10 Å². The highest BCUT2D eigenvalue weighted by Crippen LogP contribution is 2.14. The maximum atomic E-state index is 11.4. The molecule has 28 heavy (non-hydrogen) atoms. The first-order valence-corrected chi connectivity index (χ1v) is 10.2. The Labute approximate surface area is 187 Å². The molecule has 0 spiro atoms. The van der Waals surface area contributed by atoms with E-state index in [0.717, 1.165) is 90.8 Å². The first-order chi connectivity index (χ1) is 13.1. The molecule has 2 aliphatic rings. The molecule has 0 radical (unpaired) electrons. The normalized spacial score (nSPS) is 19.5. The number of nitrogens with zero attached hydrogens (tertiary/aromatic N) is 4. The summed E-state index contributed by atoms with van der Waals surface area (Å²) in [6, 6.07) is 0. The van der Waals surface area contributed by atoms with Gasteiger partial charge in [0, 0.05) is 86.7 Å². The summed E-state index contributed by atoms with van der Waals surface area (Å²) in [7, 11) is 3.57. The third kappa shape index (κ3) is 8.79. The van der Waals surface area contributed by atoms with E-state index in [1.807, 2.05) is 11.9 Å². The van der Waals surface area contributed by atoms with Crippen LogP contribution in [0.1, 0.15) is 26.2 Å². The third-order valence-corrected chi connectivity index (χ3v) is 5.33.